The van der Waals surface area contributed by atoms with Crippen molar-refractivity contribution in [3.63, 3.8) is 0 Å². The van der Waals surface area contributed by atoms with Gasteiger partial charge in [-0.05, 0) is 66.2 Å². The van der Waals surface area contributed by atoms with Gasteiger partial charge in [0.15, 0.2) is 6.61 Å². The summed E-state index contributed by atoms with van der Waals surface area (Å²) < 4.78 is 13.4. The second-order valence-corrected chi connectivity index (χ2v) is 8.36. The molecule has 2 aromatic carbocycles. The van der Waals surface area contributed by atoms with E-state index in [1.54, 1.807) is 36.4 Å². The molecule has 0 spiro atoms. The summed E-state index contributed by atoms with van der Waals surface area (Å²) in [6.45, 7) is 3.47. The lowest BCUT2D eigenvalue weighted by molar-refractivity contribution is -0.123. The standard InChI is InChI=1S/C18H17Br3N2O4/c1-10(2)27-15-5-3-11(19)7-13(15)18(25)23-22-17(24)9-26-16-6-4-12(20)8-14(16)21/h3-8,10H,9H2,1-2H3,(H,22,24)(H,23,25). The zero-order chi connectivity index (χ0) is 20.0. The van der Waals surface area contributed by atoms with Gasteiger partial charge < -0.3 is 9.47 Å². The summed E-state index contributed by atoms with van der Waals surface area (Å²) in [4.78, 5) is 24.3. The van der Waals surface area contributed by atoms with Crippen molar-refractivity contribution in [2.24, 2.45) is 0 Å². The van der Waals surface area contributed by atoms with E-state index in [1.807, 2.05) is 13.8 Å². The number of hydrogen-bond donors (Lipinski definition) is 2. The Balaban J connectivity index is 1.93. The molecule has 0 aromatic heterocycles. The van der Waals surface area contributed by atoms with Crippen LogP contribution in [0.25, 0.3) is 0 Å². The van der Waals surface area contributed by atoms with Crippen LogP contribution in [0.4, 0.5) is 0 Å². The summed E-state index contributed by atoms with van der Waals surface area (Å²) in [5.41, 5.74) is 4.99. The summed E-state index contributed by atoms with van der Waals surface area (Å²) in [5, 5.41) is 0. The largest absolute Gasteiger partial charge is 0.490 e. The zero-order valence-corrected chi connectivity index (χ0v) is 19.3. The molecule has 0 bridgehead atoms. The fourth-order valence-electron chi connectivity index (χ4n) is 2.00. The van der Waals surface area contributed by atoms with E-state index in [-0.39, 0.29) is 12.7 Å². The number of hydrogen-bond acceptors (Lipinski definition) is 4. The van der Waals surface area contributed by atoms with Crippen LogP contribution >= 0.6 is 47.8 Å². The van der Waals surface area contributed by atoms with Gasteiger partial charge in [-0.3, -0.25) is 20.4 Å². The molecular weight excluding hydrogens is 548 g/mol. The van der Waals surface area contributed by atoms with E-state index in [0.717, 1.165) is 8.95 Å². The number of benzene rings is 2. The van der Waals surface area contributed by atoms with Gasteiger partial charge in [0.2, 0.25) is 0 Å². The molecule has 2 amide bonds. The topological polar surface area (TPSA) is 76.7 Å². The maximum atomic E-state index is 12.4. The van der Waals surface area contributed by atoms with Gasteiger partial charge >= 0.3 is 0 Å². The summed E-state index contributed by atoms with van der Waals surface area (Å²) in [5.74, 6) is -0.0566. The maximum absolute atomic E-state index is 12.4. The van der Waals surface area contributed by atoms with Crippen molar-refractivity contribution in [2.45, 2.75) is 20.0 Å². The lowest BCUT2D eigenvalue weighted by Crippen LogP contribution is -2.44. The fourth-order valence-corrected chi connectivity index (χ4v) is 3.52. The Hall–Kier alpha value is -1.58. The second-order valence-electron chi connectivity index (χ2n) is 5.67. The number of carbonyl (C=O) groups excluding carboxylic acids is 2. The van der Waals surface area contributed by atoms with Gasteiger partial charge in [-0.1, -0.05) is 31.9 Å². The second kappa shape index (κ2) is 10.1. The van der Waals surface area contributed by atoms with Crippen molar-refractivity contribution in [1.29, 1.82) is 0 Å². The van der Waals surface area contributed by atoms with E-state index >= 15 is 0 Å². The first-order valence-electron chi connectivity index (χ1n) is 7.89. The highest BCUT2D eigenvalue weighted by Crippen LogP contribution is 2.28. The quantitative estimate of drug-likeness (QED) is 0.503. The molecule has 0 saturated carbocycles. The van der Waals surface area contributed by atoms with Gasteiger partial charge in [0.1, 0.15) is 11.5 Å². The first-order valence-corrected chi connectivity index (χ1v) is 10.3. The van der Waals surface area contributed by atoms with Crippen LogP contribution in [0.3, 0.4) is 0 Å². The predicted molar refractivity (Wildman–Crippen MR) is 113 cm³/mol. The summed E-state index contributed by atoms with van der Waals surface area (Å²) in [7, 11) is 0. The Labute approximate surface area is 182 Å². The number of carbonyl (C=O) groups is 2. The lowest BCUT2D eigenvalue weighted by atomic mass is 10.2. The van der Waals surface area contributed by atoms with E-state index in [2.05, 4.69) is 58.6 Å². The number of rotatable bonds is 6. The minimum atomic E-state index is -0.500. The average molecular weight is 565 g/mol. The van der Waals surface area contributed by atoms with Crippen LogP contribution in [0.15, 0.2) is 49.8 Å². The van der Waals surface area contributed by atoms with Gasteiger partial charge in [-0.15, -0.1) is 0 Å². The third kappa shape index (κ3) is 6.82. The van der Waals surface area contributed by atoms with E-state index in [4.69, 9.17) is 9.47 Å². The van der Waals surface area contributed by atoms with Crippen LogP contribution in [0.1, 0.15) is 24.2 Å². The molecule has 9 heteroatoms. The number of ether oxygens (including phenoxy) is 2. The molecule has 0 aliphatic heterocycles. The molecule has 0 fully saturated rings. The predicted octanol–water partition coefficient (Wildman–Crippen LogP) is 4.60. The highest BCUT2D eigenvalue weighted by atomic mass is 79.9. The third-order valence-corrected chi connectivity index (χ3v) is 4.72. The van der Waals surface area contributed by atoms with Crippen molar-refractivity contribution in [1.82, 2.24) is 10.9 Å². The lowest BCUT2D eigenvalue weighted by Gasteiger charge is -2.15. The Kier molecular flexibility index (Phi) is 8.12. The van der Waals surface area contributed by atoms with E-state index in [0.29, 0.717) is 21.5 Å². The SMILES string of the molecule is CC(C)Oc1ccc(Br)cc1C(=O)NNC(=O)COc1ccc(Br)cc1Br. The fraction of sp³-hybridized carbons (Fsp3) is 0.222. The number of halogens is 3. The molecule has 0 saturated heterocycles. The van der Waals surface area contributed by atoms with E-state index in [1.165, 1.54) is 0 Å². The maximum Gasteiger partial charge on any atom is 0.276 e. The summed E-state index contributed by atoms with van der Waals surface area (Å²) >= 11 is 10.0. The smallest absolute Gasteiger partial charge is 0.276 e. The molecule has 0 radical (unpaired) electrons. The molecule has 2 N–H and O–H groups in total. The van der Waals surface area contributed by atoms with Crippen LogP contribution < -0.4 is 20.3 Å². The summed E-state index contributed by atoms with van der Waals surface area (Å²) in [6, 6.07) is 10.4. The Morgan fingerprint density at radius 2 is 1.59 bits per heavy atom. The first-order chi connectivity index (χ1) is 12.8. The van der Waals surface area contributed by atoms with Crippen LogP contribution in [-0.2, 0) is 4.79 Å². The summed E-state index contributed by atoms with van der Waals surface area (Å²) in [6.07, 6.45) is -0.0925. The molecule has 0 heterocycles. The average Bonchev–Trinajstić information content (AvgIpc) is 2.60. The van der Waals surface area contributed by atoms with Crippen molar-refractivity contribution in [3.05, 3.63) is 55.4 Å². The van der Waals surface area contributed by atoms with Crippen LogP contribution in [0.5, 0.6) is 11.5 Å². The highest BCUT2D eigenvalue weighted by Gasteiger charge is 2.15. The zero-order valence-electron chi connectivity index (χ0n) is 14.5. The third-order valence-electron chi connectivity index (χ3n) is 3.12. The Morgan fingerprint density at radius 1 is 0.963 bits per heavy atom. The van der Waals surface area contributed by atoms with Gasteiger partial charge in [0, 0.05) is 8.95 Å². The molecule has 6 nitrogen and oxygen atoms in total. The van der Waals surface area contributed by atoms with Crippen molar-refractivity contribution >= 4 is 59.6 Å². The van der Waals surface area contributed by atoms with Crippen molar-refractivity contribution < 1.29 is 19.1 Å². The van der Waals surface area contributed by atoms with Gasteiger partial charge in [0.25, 0.3) is 11.8 Å². The number of hydrazine groups is 1. The monoisotopic (exact) mass is 562 g/mol. The van der Waals surface area contributed by atoms with Crippen LogP contribution in [-0.4, -0.2) is 24.5 Å². The van der Waals surface area contributed by atoms with E-state index < -0.39 is 11.8 Å². The van der Waals surface area contributed by atoms with Crippen molar-refractivity contribution in [3.8, 4) is 11.5 Å². The molecule has 0 aliphatic carbocycles. The number of amides is 2. The normalized spacial score (nSPS) is 10.4. The Bertz CT molecular complexity index is 843. The molecule has 2 aromatic rings. The molecule has 144 valence electrons. The number of nitrogens with one attached hydrogen (secondary N) is 2. The molecular formula is C18H17Br3N2O4. The molecule has 2 rings (SSSR count). The molecule has 0 unspecified atom stereocenters. The van der Waals surface area contributed by atoms with E-state index in [9.17, 15) is 9.59 Å². The van der Waals surface area contributed by atoms with Crippen LogP contribution in [0, 0.1) is 0 Å². The molecule has 0 aliphatic rings. The van der Waals surface area contributed by atoms with Gasteiger partial charge in [-0.25, -0.2) is 0 Å². The molecule has 0 atom stereocenters. The minimum Gasteiger partial charge on any atom is -0.490 e. The van der Waals surface area contributed by atoms with Crippen molar-refractivity contribution in [2.75, 3.05) is 6.61 Å². The molecule has 27 heavy (non-hydrogen) atoms. The van der Waals surface area contributed by atoms with Gasteiger partial charge in [-0.2, -0.15) is 0 Å². The van der Waals surface area contributed by atoms with Crippen LogP contribution in [0.2, 0.25) is 0 Å². The Morgan fingerprint density at radius 3 is 2.22 bits per heavy atom. The minimum absolute atomic E-state index is 0.0925. The highest BCUT2D eigenvalue weighted by molar-refractivity contribution is 9.11. The van der Waals surface area contributed by atoms with Gasteiger partial charge in [0.05, 0.1) is 16.1 Å². The first kappa shape index (κ1) is 21.7.